The van der Waals surface area contributed by atoms with E-state index in [1.54, 1.807) is 0 Å². The van der Waals surface area contributed by atoms with Gasteiger partial charge in [0.15, 0.2) is 0 Å². The van der Waals surface area contributed by atoms with E-state index in [1.165, 1.54) is 11.3 Å². The summed E-state index contributed by atoms with van der Waals surface area (Å²) in [5.74, 6) is 0. The third-order valence-corrected chi connectivity index (χ3v) is 3.59. The first-order valence-corrected chi connectivity index (χ1v) is 6.81. The Kier molecular flexibility index (Phi) is 4.61. The summed E-state index contributed by atoms with van der Waals surface area (Å²) in [6.07, 6.45) is 2.56. The van der Waals surface area contributed by atoms with E-state index >= 15 is 0 Å². The Hall–Kier alpha value is -1.06. The second-order valence-corrected chi connectivity index (χ2v) is 4.93. The number of hydrogen-bond acceptors (Lipinski definition) is 3. The van der Waals surface area contributed by atoms with E-state index in [4.69, 9.17) is 4.74 Å². The molecule has 0 amide bonds. The number of aliphatic hydroxyl groups excluding tert-OH is 1. The van der Waals surface area contributed by atoms with Crippen molar-refractivity contribution >= 4 is 5.69 Å². The molecule has 1 saturated heterocycles. The van der Waals surface area contributed by atoms with Gasteiger partial charge in [0, 0.05) is 30.9 Å². The average molecular weight is 249 g/mol. The van der Waals surface area contributed by atoms with Crippen molar-refractivity contribution in [1.29, 1.82) is 0 Å². The summed E-state index contributed by atoms with van der Waals surface area (Å²) in [5.41, 5.74) is 3.41. The van der Waals surface area contributed by atoms with Crippen molar-refractivity contribution in [2.24, 2.45) is 0 Å². The van der Waals surface area contributed by atoms with Gasteiger partial charge in [-0.3, -0.25) is 0 Å². The number of rotatable bonds is 4. The molecular weight excluding hydrogens is 226 g/mol. The van der Waals surface area contributed by atoms with Crippen LogP contribution in [0.3, 0.4) is 0 Å². The summed E-state index contributed by atoms with van der Waals surface area (Å²) in [6, 6.07) is 6.31. The van der Waals surface area contributed by atoms with Gasteiger partial charge in [0.05, 0.1) is 12.7 Å². The highest BCUT2D eigenvalue weighted by atomic mass is 16.5. The van der Waals surface area contributed by atoms with Gasteiger partial charge in [-0.15, -0.1) is 0 Å². The maximum absolute atomic E-state index is 9.46. The van der Waals surface area contributed by atoms with E-state index in [-0.39, 0.29) is 6.61 Å². The number of nitrogens with zero attached hydrogens (tertiary/aromatic N) is 1. The lowest BCUT2D eigenvalue weighted by atomic mass is 10.0. The van der Waals surface area contributed by atoms with Crippen molar-refractivity contribution in [2.75, 3.05) is 24.6 Å². The van der Waals surface area contributed by atoms with Gasteiger partial charge in [0.25, 0.3) is 0 Å². The normalized spacial score (nSPS) is 17.2. The summed E-state index contributed by atoms with van der Waals surface area (Å²) in [7, 11) is 0. The topological polar surface area (TPSA) is 32.7 Å². The van der Waals surface area contributed by atoms with Crippen LogP contribution in [0.2, 0.25) is 0 Å². The predicted molar refractivity (Wildman–Crippen MR) is 74.0 cm³/mol. The van der Waals surface area contributed by atoms with Gasteiger partial charge < -0.3 is 14.7 Å². The van der Waals surface area contributed by atoms with Crippen molar-refractivity contribution in [3.63, 3.8) is 0 Å². The quantitative estimate of drug-likeness (QED) is 0.890. The van der Waals surface area contributed by atoms with Crippen LogP contribution < -0.4 is 4.90 Å². The highest BCUT2D eigenvalue weighted by molar-refractivity contribution is 5.55. The first kappa shape index (κ1) is 13.4. The van der Waals surface area contributed by atoms with E-state index in [0.29, 0.717) is 6.10 Å². The van der Waals surface area contributed by atoms with Gasteiger partial charge in [-0.05, 0) is 32.8 Å². The molecule has 1 fully saturated rings. The lowest BCUT2D eigenvalue weighted by Crippen LogP contribution is -2.37. The van der Waals surface area contributed by atoms with Crippen LogP contribution in [0.5, 0.6) is 0 Å². The molecule has 0 unspecified atom stereocenters. The van der Waals surface area contributed by atoms with Crippen LogP contribution in [0.25, 0.3) is 0 Å². The van der Waals surface area contributed by atoms with Crippen LogP contribution in [0.15, 0.2) is 18.2 Å². The zero-order valence-electron chi connectivity index (χ0n) is 11.4. The molecular formula is C15H23NO2. The molecule has 100 valence electrons. The monoisotopic (exact) mass is 249 g/mol. The third-order valence-electron chi connectivity index (χ3n) is 3.59. The molecule has 3 nitrogen and oxygen atoms in total. The van der Waals surface area contributed by atoms with E-state index in [9.17, 15) is 5.11 Å². The van der Waals surface area contributed by atoms with Crippen LogP contribution in [0.4, 0.5) is 5.69 Å². The van der Waals surface area contributed by atoms with E-state index in [2.05, 4.69) is 36.9 Å². The summed E-state index contributed by atoms with van der Waals surface area (Å²) >= 11 is 0. The summed E-state index contributed by atoms with van der Waals surface area (Å²) in [6.45, 7) is 7.06. The zero-order chi connectivity index (χ0) is 13.0. The fraction of sp³-hybridized carbons (Fsp3) is 0.600. The van der Waals surface area contributed by atoms with Gasteiger partial charge >= 0.3 is 0 Å². The number of aryl methyl sites for hydroxylation is 1. The maximum Gasteiger partial charge on any atom is 0.0702 e. The lowest BCUT2D eigenvalue weighted by Gasteiger charge is -2.34. The van der Waals surface area contributed by atoms with Crippen molar-refractivity contribution in [1.82, 2.24) is 0 Å². The highest BCUT2D eigenvalue weighted by Gasteiger charge is 2.20. The van der Waals surface area contributed by atoms with Crippen molar-refractivity contribution in [2.45, 2.75) is 39.4 Å². The van der Waals surface area contributed by atoms with Crippen molar-refractivity contribution in [3.8, 4) is 0 Å². The average Bonchev–Trinajstić information content (AvgIpc) is 2.40. The fourth-order valence-electron chi connectivity index (χ4n) is 2.65. The standard InChI is InChI=1S/C15H23NO2/c1-3-18-14-6-8-16(9-7-14)15-5-4-12(2)10-13(15)11-17/h4-5,10,14,17H,3,6-9,11H2,1-2H3. The fourth-order valence-corrected chi connectivity index (χ4v) is 2.65. The van der Waals surface area contributed by atoms with E-state index in [0.717, 1.165) is 38.1 Å². The second kappa shape index (κ2) is 6.21. The zero-order valence-corrected chi connectivity index (χ0v) is 11.4. The first-order chi connectivity index (χ1) is 8.74. The maximum atomic E-state index is 9.46. The molecule has 0 saturated carbocycles. The third kappa shape index (κ3) is 3.03. The molecule has 0 aliphatic carbocycles. The number of anilines is 1. The van der Waals surface area contributed by atoms with Gasteiger partial charge in [-0.1, -0.05) is 17.7 Å². The molecule has 1 aliphatic rings. The number of ether oxygens (including phenoxy) is 1. The predicted octanol–water partition coefficient (Wildman–Crippen LogP) is 2.49. The smallest absolute Gasteiger partial charge is 0.0702 e. The Morgan fingerprint density at radius 2 is 2.06 bits per heavy atom. The Morgan fingerprint density at radius 1 is 1.33 bits per heavy atom. The minimum atomic E-state index is 0.113. The van der Waals surface area contributed by atoms with E-state index < -0.39 is 0 Å². The van der Waals surface area contributed by atoms with Gasteiger partial charge in [0.1, 0.15) is 0 Å². The minimum absolute atomic E-state index is 0.113. The molecule has 1 aromatic carbocycles. The van der Waals surface area contributed by atoms with Crippen LogP contribution in [-0.2, 0) is 11.3 Å². The second-order valence-electron chi connectivity index (χ2n) is 4.93. The van der Waals surface area contributed by atoms with Crippen LogP contribution in [0.1, 0.15) is 30.9 Å². The molecule has 0 atom stereocenters. The Labute approximate surface area is 109 Å². The van der Waals surface area contributed by atoms with Crippen LogP contribution in [-0.4, -0.2) is 30.9 Å². The molecule has 1 N–H and O–H groups in total. The molecule has 0 aromatic heterocycles. The Bertz CT molecular complexity index is 384. The molecule has 1 aromatic rings. The Morgan fingerprint density at radius 3 is 2.67 bits per heavy atom. The van der Waals surface area contributed by atoms with Crippen LogP contribution in [0, 0.1) is 6.92 Å². The molecule has 1 aliphatic heterocycles. The summed E-state index contributed by atoms with van der Waals surface area (Å²) < 4.78 is 5.67. The molecule has 0 spiro atoms. The van der Waals surface area contributed by atoms with Gasteiger partial charge in [-0.2, -0.15) is 0 Å². The van der Waals surface area contributed by atoms with Crippen molar-refractivity contribution in [3.05, 3.63) is 29.3 Å². The minimum Gasteiger partial charge on any atom is -0.392 e. The van der Waals surface area contributed by atoms with Gasteiger partial charge in [-0.25, -0.2) is 0 Å². The SMILES string of the molecule is CCOC1CCN(c2ccc(C)cc2CO)CC1. The molecule has 18 heavy (non-hydrogen) atoms. The Balaban J connectivity index is 2.05. The van der Waals surface area contributed by atoms with Crippen LogP contribution >= 0.6 is 0 Å². The number of piperidine rings is 1. The highest BCUT2D eigenvalue weighted by Crippen LogP contribution is 2.26. The number of hydrogen-bond donors (Lipinski definition) is 1. The molecule has 1 heterocycles. The first-order valence-electron chi connectivity index (χ1n) is 6.81. The van der Waals surface area contributed by atoms with Gasteiger partial charge in [0.2, 0.25) is 0 Å². The molecule has 3 heteroatoms. The van der Waals surface area contributed by atoms with E-state index in [1.807, 2.05) is 0 Å². The summed E-state index contributed by atoms with van der Waals surface area (Å²) in [5, 5.41) is 9.46. The molecule has 2 rings (SSSR count). The number of benzene rings is 1. The molecule has 0 radical (unpaired) electrons. The largest absolute Gasteiger partial charge is 0.392 e. The summed E-state index contributed by atoms with van der Waals surface area (Å²) in [4.78, 5) is 2.36. The lowest BCUT2D eigenvalue weighted by molar-refractivity contribution is 0.0459. The number of aliphatic hydroxyl groups is 1. The van der Waals surface area contributed by atoms with Crippen molar-refractivity contribution < 1.29 is 9.84 Å². The molecule has 0 bridgehead atoms.